The van der Waals surface area contributed by atoms with E-state index in [-0.39, 0.29) is 11.9 Å². The first kappa shape index (κ1) is 15.2. The number of nitrogens with one attached hydrogen (secondary N) is 1. The predicted octanol–water partition coefficient (Wildman–Crippen LogP) is 1.98. The number of amides is 1. The van der Waals surface area contributed by atoms with Crippen LogP contribution in [0.4, 0.5) is 0 Å². The molecule has 1 atom stereocenters. The number of aryl methyl sites for hydroxylation is 1. The summed E-state index contributed by atoms with van der Waals surface area (Å²) in [5, 5.41) is 7.24. The molecule has 0 bridgehead atoms. The summed E-state index contributed by atoms with van der Waals surface area (Å²) in [5.41, 5.74) is 1.86. The number of carbonyl (C=O) groups excluding carboxylic acids is 1. The number of halogens is 1. The van der Waals surface area contributed by atoms with Gasteiger partial charge in [-0.1, -0.05) is 0 Å². The first-order chi connectivity index (χ1) is 8.49. The average Bonchev–Trinajstić information content (AvgIpc) is 2.61. The number of rotatable bonds is 6. The van der Waals surface area contributed by atoms with Gasteiger partial charge in [-0.05, 0) is 43.1 Å². The van der Waals surface area contributed by atoms with Gasteiger partial charge in [-0.25, -0.2) is 0 Å². The Morgan fingerprint density at radius 2 is 2.22 bits per heavy atom. The minimum absolute atomic E-state index is 0.0239. The Hall–Kier alpha value is -0.880. The number of ether oxygens (including phenoxy) is 1. The van der Waals surface area contributed by atoms with E-state index in [0.29, 0.717) is 13.2 Å². The average molecular weight is 318 g/mol. The fourth-order valence-corrected chi connectivity index (χ4v) is 1.97. The van der Waals surface area contributed by atoms with E-state index >= 15 is 0 Å². The van der Waals surface area contributed by atoms with Gasteiger partial charge in [-0.3, -0.25) is 9.48 Å². The summed E-state index contributed by atoms with van der Waals surface area (Å²) in [6.07, 6.45) is 0.815. The second kappa shape index (κ2) is 6.89. The molecule has 1 aromatic heterocycles. The first-order valence-electron chi connectivity index (χ1n) is 5.97. The minimum Gasteiger partial charge on any atom is -0.385 e. The van der Waals surface area contributed by atoms with E-state index in [1.165, 1.54) is 0 Å². The van der Waals surface area contributed by atoms with Gasteiger partial charge in [-0.15, -0.1) is 0 Å². The molecule has 0 spiro atoms. The molecule has 5 nitrogen and oxygen atoms in total. The second-order valence-electron chi connectivity index (χ2n) is 4.24. The molecule has 0 aliphatic carbocycles. The van der Waals surface area contributed by atoms with Crippen molar-refractivity contribution in [1.82, 2.24) is 15.1 Å². The quantitative estimate of drug-likeness (QED) is 0.816. The smallest absolute Gasteiger partial charge is 0.244 e. The van der Waals surface area contributed by atoms with Gasteiger partial charge in [-0.2, -0.15) is 5.10 Å². The second-order valence-corrected chi connectivity index (χ2v) is 5.04. The van der Waals surface area contributed by atoms with E-state index in [1.807, 2.05) is 20.8 Å². The maximum Gasteiger partial charge on any atom is 0.244 e. The molecule has 1 amide bonds. The van der Waals surface area contributed by atoms with Gasteiger partial charge in [0.1, 0.15) is 6.04 Å². The summed E-state index contributed by atoms with van der Waals surface area (Å²) in [6, 6.07) is -0.308. The lowest BCUT2D eigenvalue weighted by molar-refractivity contribution is -0.124. The number of hydrogen-bond acceptors (Lipinski definition) is 3. The van der Waals surface area contributed by atoms with Gasteiger partial charge in [0.2, 0.25) is 5.91 Å². The number of aromatic nitrogens is 2. The molecule has 102 valence electrons. The lowest BCUT2D eigenvalue weighted by Crippen LogP contribution is -2.33. The summed E-state index contributed by atoms with van der Waals surface area (Å²) in [7, 11) is 1.65. The molecule has 1 rings (SSSR count). The van der Waals surface area contributed by atoms with Crippen LogP contribution in [-0.4, -0.2) is 35.9 Å². The lowest BCUT2D eigenvalue weighted by atomic mass is 10.3. The highest BCUT2D eigenvalue weighted by atomic mass is 79.9. The van der Waals surface area contributed by atoms with Crippen molar-refractivity contribution in [3.05, 3.63) is 15.9 Å². The minimum atomic E-state index is -0.308. The van der Waals surface area contributed by atoms with Gasteiger partial charge in [0.05, 0.1) is 15.9 Å². The van der Waals surface area contributed by atoms with Crippen LogP contribution in [0.25, 0.3) is 0 Å². The first-order valence-corrected chi connectivity index (χ1v) is 6.76. The molecule has 0 fully saturated rings. The van der Waals surface area contributed by atoms with E-state index in [0.717, 1.165) is 22.3 Å². The number of nitrogens with zero attached hydrogens (tertiary/aromatic N) is 2. The Labute approximate surface area is 116 Å². The third-order valence-corrected chi connectivity index (χ3v) is 3.96. The zero-order valence-corrected chi connectivity index (χ0v) is 12.9. The van der Waals surface area contributed by atoms with Gasteiger partial charge < -0.3 is 10.1 Å². The summed E-state index contributed by atoms with van der Waals surface area (Å²) in [5.74, 6) is -0.0239. The predicted molar refractivity (Wildman–Crippen MR) is 73.6 cm³/mol. The fourth-order valence-electron chi connectivity index (χ4n) is 1.71. The fraction of sp³-hybridized carbons (Fsp3) is 0.667. The van der Waals surface area contributed by atoms with E-state index in [9.17, 15) is 4.79 Å². The monoisotopic (exact) mass is 317 g/mol. The number of hydrogen-bond donors (Lipinski definition) is 1. The molecule has 0 aromatic carbocycles. The molecule has 1 heterocycles. The van der Waals surface area contributed by atoms with E-state index in [1.54, 1.807) is 11.8 Å². The highest BCUT2D eigenvalue weighted by molar-refractivity contribution is 9.10. The topological polar surface area (TPSA) is 56.1 Å². The van der Waals surface area contributed by atoms with Crippen molar-refractivity contribution < 1.29 is 9.53 Å². The van der Waals surface area contributed by atoms with Crippen LogP contribution >= 0.6 is 15.9 Å². The molecule has 0 aliphatic heterocycles. The Morgan fingerprint density at radius 1 is 1.56 bits per heavy atom. The molecule has 0 saturated carbocycles. The van der Waals surface area contributed by atoms with Gasteiger partial charge >= 0.3 is 0 Å². The molecule has 0 radical (unpaired) electrons. The van der Waals surface area contributed by atoms with Gasteiger partial charge in [0.25, 0.3) is 0 Å². The molecule has 0 saturated heterocycles. The molecule has 1 N–H and O–H groups in total. The highest BCUT2D eigenvalue weighted by Gasteiger charge is 2.19. The SMILES string of the molecule is COCCCNC(=O)C(C)n1nc(C)c(Br)c1C. The van der Waals surface area contributed by atoms with Crippen molar-refractivity contribution in [1.29, 1.82) is 0 Å². The van der Waals surface area contributed by atoms with Crippen molar-refractivity contribution in [3.8, 4) is 0 Å². The normalized spacial score (nSPS) is 12.5. The van der Waals surface area contributed by atoms with Crippen molar-refractivity contribution in [2.75, 3.05) is 20.3 Å². The number of methoxy groups -OCH3 is 1. The third-order valence-electron chi connectivity index (χ3n) is 2.81. The Balaban J connectivity index is 2.60. The molecule has 1 aromatic rings. The summed E-state index contributed by atoms with van der Waals surface area (Å²) < 4.78 is 7.63. The summed E-state index contributed by atoms with van der Waals surface area (Å²) in [4.78, 5) is 12.0. The van der Waals surface area contributed by atoms with E-state index < -0.39 is 0 Å². The molecule has 1 unspecified atom stereocenters. The van der Waals surface area contributed by atoms with Crippen LogP contribution < -0.4 is 5.32 Å². The zero-order valence-electron chi connectivity index (χ0n) is 11.3. The van der Waals surface area contributed by atoms with Crippen molar-refractivity contribution in [3.63, 3.8) is 0 Å². The maximum absolute atomic E-state index is 12.0. The van der Waals surface area contributed by atoms with Crippen LogP contribution in [0.1, 0.15) is 30.8 Å². The van der Waals surface area contributed by atoms with Crippen LogP contribution in [0.5, 0.6) is 0 Å². The molecular weight excluding hydrogens is 298 g/mol. The van der Waals surface area contributed by atoms with Gasteiger partial charge in [0, 0.05) is 20.3 Å². The van der Waals surface area contributed by atoms with Crippen LogP contribution in [0.2, 0.25) is 0 Å². The number of carbonyl (C=O) groups is 1. The third kappa shape index (κ3) is 3.55. The van der Waals surface area contributed by atoms with Gasteiger partial charge in [0.15, 0.2) is 0 Å². The van der Waals surface area contributed by atoms with Crippen LogP contribution in [-0.2, 0) is 9.53 Å². The Bertz CT molecular complexity index is 418. The van der Waals surface area contributed by atoms with E-state index in [4.69, 9.17) is 4.74 Å². The molecule has 0 aliphatic rings. The highest BCUT2D eigenvalue weighted by Crippen LogP contribution is 2.22. The maximum atomic E-state index is 12.0. The standard InChI is InChI=1S/C12H20BrN3O2/c1-8-11(13)9(2)16(15-8)10(3)12(17)14-6-5-7-18-4/h10H,5-7H2,1-4H3,(H,14,17). The summed E-state index contributed by atoms with van der Waals surface area (Å²) in [6.45, 7) is 6.98. The Kier molecular flexibility index (Phi) is 5.81. The largest absolute Gasteiger partial charge is 0.385 e. The van der Waals surface area contributed by atoms with Crippen molar-refractivity contribution in [2.45, 2.75) is 33.2 Å². The van der Waals surface area contributed by atoms with Crippen LogP contribution in [0, 0.1) is 13.8 Å². The van der Waals surface area contributed by atoms with E-state index in [2.05, 4.69) is 26.3 Å². The zero-order chi connectivity index (χ0) is 13.7. The van der Waals surface area contributed by atoms with Crippen molar-refractivity contribution in [2.24, 2.45) is 0 Å². The lowest BCUT2D eigenvalue weighted by Gasteiger charge is -2.14. The molecular formula is C12H20BrN3O2. The molecule has 18 heavy (non-hydrogen) atoms. The van der Waals surface area contributed by atoms with Crippen molar-refractivity contribution >= 4 is 21.8 Å². The summed E-state index contributed by atoms with van der Waals surface area (Å²) >= 11 is 3.46. The Morgan fingerprint density at radius 3 is 2.72 bits per heavy atom. The van der Waals surface area contributed by atoms with Crippen LogP contribution in [0.3, 0.4) is 0 Å². The van der Waals surface area contributed by atoms with Crippen LogP contribution in [0.15, 0.2) is 4.47 Å². The molecule has 6 heteroatoms.